The largest absolute Gasteiger partial charge is 0.316 e. The summed E-state index contributed by atoms with van der Waals surface area (Å²) in [5.41, 5.74) is 4.17. The maximum Gasteiger partial charge on any atom is 0.155 e. The number of nitrogens with zero attached hydrogens (tertiary/aromatic N) is 4. The highest BCUT2D eigenvalue weighted by Gasteiger charge is 2.19. The number of piperidine rings is 1. The molecule has 4 rings (SSSR count). The number of hydrogen-bond donors (Lipinski definition) is 1. The Balaban J connectivity index is 1.80. The lowest BCUT2D eigenvalue weighted by molar-refractivity contribution is 0.448. The minimum absolute atomic E-state index is 0.509. The van der Waals surface area contributed by atoms with Crippen molar-refractivity contribution in [3.05, 3.63) is 48.5 Å². The first-order valence-electron chi connectivity index (χ1n) is 7.37. The first kappa shape index (κ1) is 12.5. The SMILES string of the molecule is c1cc(-c2cc3nccc(C4CCCNC4)n3n2)ccn1. The van der Waals surface area contributed by atoms with Crippen LogP contribution in [0.2, 0.25) is 0 Å². The van der Waals surface area contributed by atoms with Crippen molar-refractivity contribution in [1.29, 1.82) is 0 Å². The minimum Gasteiger partial charge on any atom is -0.316 e. The summed E-state index contributed by atoms with van der Waals surface area (Å²) in [5, 5.41) is 8.22. The van der Waals surface area contributed by atoms with Gasteiger partial charge in [-0.25, -0.2) is 9.50 Å². The predicted molar refractivity (Wildman–Crippen MR) is 81.1 cm³/mol. The van der Waals surface area contributed by atoms with Crippen molar-refractivity contribution in [3.63, 3.8) is 0 Å². The van der Waals surface area contributed by atoms with Gasteiger partial charge < -0.3 is 5.32 Å². The third-order valence-corrected chi connectivity index (χ3v) is 4.08. The van der Waals surface area contributed by atoms with Gasteiger partial charge in [0.1, 0.15) is 0 Å². The quantitative estimate of drug-likeness (QED) is 0.782. The van der Waals surface area contributed by atoms with Gasteiger partial charge in [-0.15, -0.1) is 0 Å². The first-order valence-corrected chi connectivity index (χ1v) is 7.37. The molecule has 1 aliphatic rings. The molecule has 5 heteroatoms. The molecule has 4 heterocycles. The van der Waals surface area contributed by atoms with Gasteiger partial charge in [0.2, 0.25) is 0 Å². The van der Waals surface area contributed by atoms with Crippen molar-refractivity contribution >= 4 is 5.65 Å². The van der Waals surface area contributed by atoms with Crippen LogP contribution in [0.25, 0.3) is 16.9 Å². The summed E-state index contributed by atoms with van der Waals surface area (Å²) in [4.78, 5) is 8.50. The molecule has 1 fully saturated rings. The van der Waals surface area contributed by atoms with Crippen LogP contribution in [0.3, 0.4) is 0 Å². The Hall–Kier alpha value is -2.27. The molecule has 0 amide bonds. The van der Waals surface area contributed by atoms with E-state index in [1.165, 1.54) is 18.5 Å². The summed E-state index contributed by atoms with van der Waals surface area (Å²) in [6, 6.07) is 8.08. The van der Waals surface area contributed by atoms with E-state index < -0.39 is 0 Å². The molecule has 0 aliphatic carbocycles. The zero-order valence-electron chi connectivity index (χ0n) is 11.7. The number of rotatable bonds is 2. The van der Waals surface area contributed by atoms with Gasteiger partial charge in [0.15, 0.2) is 5.65 Å². The molecule has 0 bridgehead atoms. The smallest absolute Gasteiger partial charge is 0.155 e. The van der Waals surface area contributed by atoms with Crippen molar-refractivity contribution in [2.24, 2.45) is 0 Å². The summed E-state index contributed by atoms with van der Waals surface area (Å²) >= 11 is 0. The fourth-order valence-corrected chi connectivity index (χ4v) is 2.99. The Kier molecular flexibility index (Phi) is 3.12. The Morgan fingerprint density at radius 2 is 2.05 bits per heavy atom. The molecule has 21 heavy (non-hydrogen) atoms. The summed E-state index contributed by atoms with van der Waals surface area (Å²) < 4.78 is 1.99. The number of pyridine rings is 1. The molecule has 1 saturated heterocycles. The van der Waals surface area contributed by atoms with E-state index >= 15 is 0 Å². The number of aromatic nitrogens is 4. The number of nitrogens with one attached hydrogen (secondary N) is 1. The summed E-state index contributed by atoms with van der Waals surface area (Å²) in [6.07, 6.45) is 7.89. The van der Waals surface area contributed by atoms with Crippen molar-refractivity contribution in [2.75, 3.05) is 13.1 Å². The van der Waals surface area contributed by atoms with Gasteiger partial charge in [-0.05, 0) is 37.6 Å². The monoisotopic (exact) mass is 279 g/mol. The van der Waals surface area contributed by atoms with Crippen molar-refractivity contribution in [3.8, 4) is 11.3 Å². The van der Waals surface area contributed by atoms with E-state index in [0.717, 1.165) is 30.0 Å². The summed E-state index contributed by atoms with van der Waals surface area (Å²) in [7, 11) is 0. The lowest BCUT2D eigenvalue weighted by atomic mass is 9.96. The van der Waals surface area contributed by atoms with Crippen LogP contribution in [-0.4, -0.2) is 32.7 Å². The van der Waals surface area contributed by atoms with Crippen LogP contribution in [0.5, 0.6) is 0 Å². The van der Waals surface area contributed by atoms with Gasteiger partial charge in [0.25, 0.3) is 0 Å². The van der Waals surface area contributed by atoms with Crippen LogP contribution in [0, 0.1) is 0 Å². The molecule has 1 aliphatic heterocycles. The molecule has 5 nitrogen and oxygen atoms in total. The third kappa shape index (κ3) is 2.29. The average molecular weight is 279 g/mol. The number of hydrogen-bond acceptors (Lipinski definition) is 4. The molecule has 106 valence electrons. The van der Waals surface area contributed by atoms with Gasteiger partial charge in [-0.3, -0.25) is 4.98 Å². The summed E-state index contributed by atoms with van der Waals surface area (Å²) in [5.74, 6) is 0.509. The van der Waals surface area contributed by atoms with Crippen LogP contribution in [0.4, 0.5) is 0 Å². The normalized spacial score (nSPS) is 19.0. The molecule has 1 unspecified atom stereocenters. The van der Waals surface area contributed by atoms with E-state index in [1.807, 2.05) is 28.9 Å². The van der Waals surface area contributed by atoms with Gasteiger partial charge in [-0.1, -0.05) is 0 Å². The standard InChI is InChI=1S/C16H17N5/c1-2-13(11-18-6-1)15-5-9-19-16-10-14(20-21(15)16)12-3-7-17-8-4-12/h3-5,7-10,13,18H,1-2,6,11H2. The highest BCUT2D eigenvalue weighted by molar-refractivity contribution is 5.63. The van der Waals surface area contributed by atoms with E-state index in [-0.39, 0.29) is 0 Å². The fourth-order valence-electron chi connectivity index (χ4n) is 2.99. The fraction of sp³-hybridized carbons (Fsp3) is 0.312. The van der Waals surface area contributed by atoms with E-state index in [1.54, 1.807) is 12.4 Å². The lowest BCUT2D eigenvalue weighted by Gasteiger charge is -2.23. The molecule has 0 aromatic carbocycles. The van der Waals surface area contributed by atoms with E-state index in [9.17, 15) is 0 Å². The van der Waals surface area contributed by atoms with Gasteiger partial charge in [-0.2, -0.15) is 5.10 Å². The zero-order chi connectivity index (χ0) is 14.1. The van der Waals surface area contributed by atoms with Crippen LogP contribution >= 0.6 is 0 Å². The highest BCUT2D eigenvalue weighted by atomic mass is 15.3. The molecule has 1 atom stereocenters. The van der Waals surface area contributed by atoms with Crippen molar-refractivity contribution in [1.82, 2.24) is 24.9 Å². The van der Waals surface area contributed by atoms with Crippen LogP contribution in [0.15, 0.2) is 42.9 Å². The van der Waals surface area contributed by atoms with Gasteiger partial charge in [0.05, 0.1) is 11.4 Å². The second-order valence-corrected chi connectivity index (χ2v) is 5.45. The Morgan fingerprint density at radius 3 is 2.86 bits per heavy atom. The zero-order valence-corrected chi connectivity index (χ0v) is 11.7. The second-order valence-electron chi connectivity index (χ2n) is 5.45. The Labute approximate surface area is 123 Å². The van der Waals surface area contributed by atoms with E-state index in [0.29, 0.717) is 5.92 Å². The van der Waals surface area contributed by atoms with Crippen LogP contribution in [-0.2, 0) is 0 Å². The van der Waals surface area contributed by atoms with Crippen LogP contribution in [0.1, 0.15) is 24.5 Å². The first-order chi connectivity index (χ1) is 10.4. The Bertz CT molecular complexity index is 744. The third-order valence-electron chi connectivity index (χ3n) is 4.08. The van der Waals surface area contributed by atoms with Gasteiger partial charge >= 0.3 is 0 Å². The molecule has 0 radical (unpaired) electrons. The maximum absolute atomic E-state index is 4.76. The Morgan fingerprint density at radius 1 is 1.14 bits per heavy atom. The molecule has 3 aromatic rings. The minimum atomic E-state index is 0.509. The topological polar surface area (TPSA) is 55.1 Å². The van der Waals surface area contributed by atoms with Crippen molar-refractivity contribution < 1.29 is 0 Å². The highest BCUT2D eigenvalue weighted by Crippen LogP contribution is 2.25. The maximum atomic E-state index is 4.76. The lowest BCUT2D eigenvalue weighted by Crippen LogP contribution is -2.29. The summed E-state index contributed by atoms with van der Waals surface area (Å²) in [6.45, 7) is 2.13. The van der Waals surface area contributed by atoms with Gasteiger partial charge in [0, 0.05) is 42.7 Å². The predicted octanol–water partition coefficient (Wildman–Crippen LogP) is 2.26. The molecular formula is C16H17N5. The van der Waals surface area contributed by atoms with E-state index in [4.69, 9.17) is 5.10 Å². The molecule has 3 aromatic heterocycles. The molecule has 0 saturated carbocycles. The van der Waals surface area contributed by atoms with E-state index in [2.05, 4.69) is 21.4 Å². The molecule has 1 N–H and O–H groups in total. The molecule has 0 spiro atoms. The van der Waals surface area contributed by atoms with Crippen LogP contribution < -0.4 is 5.32 Å². The molecular weight excluding hydrogens is 262 g/mol. The average Bonchev–Trinajstić information content (AvgIpc) is 3.00. The van der Waals surface area contributed by atoms with Crippen molar-refractivity contribution in [2.45, 2.75) is 18.8 Å². The second kappa shape index (κ2) is 5.26. The number of fused-ring (bicyclic) bond motifs is 1.